The van der Waals surface area contributed by atoms with Crippen molar-refractivity contribution in [1.82, 2.24) is 9.88 Å². The summed E-state index contributed by atoms with van der Waals surface area (Å²) in [5, 5.41) is 12.5. The van der Waals surface area contributed by atoms with Gasteiger partial charge < -0.3 is 5.11 Å². The van der Waals surface area contributed by atoms with Gasteiger partial charge in [0.25, 0.3) is 0 Å². The Morgan fingerprint density at radius 3 is 3.13 bits per heavy atom. The minimum absolute atomic E-state index is 0.274. The van der Waals surface area contributed by atoms with E-state index < -0.39 is 0 Å². The van der Waals surface area contributed by atoms with Gasteiger partial charge in [0.1, 0.15) is 5.01 Å². The van der Waals surface area contributed by atoms with Gasteiger partial charge in [0.15, 0.2) is 0 Å². The van der Waals surface area contributed by atoms with E-state index >= 15 is 0 Å². The van der Waals surface area contributed by atoms with Crippen molar-refractivity contribution in [3.05, 3.63) is 16.6 Å². The number of likely N-dealkylation sites (tertiary alicyclic amines) is 1. The van der Waals surface area contributed by atoms with Crippen LogP contribution in [-0.4, -0.2) is 33.7 Å². The molecular formula is C11H18N2OS. The van der Waals surface area contributed by atoms with Crippen molar-refractivity contribution in [2.24, 2.45) is 0 Å². The van der Waals surface area contributed by atoms with E-state index in [-0.39, 0.29) is 6.61 Å². The Hall–Kier alpha value is -0.450. The molecule has 0 radical (unpaired) electrons. The molecule has 1 fully saturated rings. The van der Waals surface area contributed by atoms with Crippen molar-refractivity contribution in [3.8, 4) is 0 Å². The van der Waals surface area contributed by atoms with Gasteiger partial charge in [-0.1, -0.05) is 6.42 Å². The second kappa shape index (κ2) is 5.05. The molecule has 2 unspecified atom stereocenters. The summed E-state index contributed by atoms with van der Waals surface area (Å²) >= 11 is 1.70. The number of aliphatic hydroxyl groups is 1. The monoisotopic (exact) mass is 226 g/mol. The second-order valence-electron chi connectivity index (χ2n) is 4.21. The molecule has 84 valence electrons. The fourth-order valence-corrected chi connectivity index (χ4v) is 2.93. The normalized spacial score (nSPS) is 28.1. The van der Waals surface area contributed by atoms with E-state index in [1.54, 1.807) is 11.3 Å². The second-order valence-corrected chi connectivity index (χ2v) is 5.19. The maximum absolute atomic E-state index is 9.35. The van der Waals surface area contributed by atoms with Crippen LogP contribution < -0.4 is 0 Å². The van der Waals surface area contributed by atoms with Gasteiger partial charge in [0, 0.05) is 23.7 Å². The molecule has 0 amide bonds. The minimum atomic E-state index is 0.274. The molecule has 1 aromatic rings. The number of piperidine rings is 1. The molecule has 0 bridgehead atoms. The lowest BCUT2D eigenvalue weighted by atomic mass is 9.97. The van der Waals surface area contributed by atoms with Crippen LogP contribution in [0, 0.1) is 0 Å². The number of hydrogen-bond donors (Lipinski definition) is 1. The van der Waals surface area contributed by atoms with Crippen LogP contribution in [0.25, 0.3) is 0 Å². The zero-order chi connectivity index (χ0) is 10.7. The van der Waals surface area contributed by atoms with E-state index in [1.807, 2.05) is 11.6 Å². The molecule has 1 aliphatic rings. The summed E-state index contributed by atoms with van der Waals surface area (Å²) in [5.74, 6) is 0. The van der Waals surface area contributed by atoms with E-state index in [2.05, 4.69) is 16.8 Å². The maximum Gasteiger partial charge on any atom is 0.107 e. The quantitative estimate of drug-likeness (QED) is 0.855. The summed E-state index contributed by atoms with van der Waals surface area (Å²) in [7, 11) is 0. The van der Waals surface area contributed by atoms with Crippen LogP contribution in [0.3, 0.4) is 0 Å². The van der Waals surface area contributed by atoms with Crippen molar-refractivity contribution in [2.45, 2.75) is 44.8 Å². The highest BCUT2D eigenvalue weighted by Gasteiger charge is 2.27. The molecule has 0 aromatic carbocycles. The molecule has 1 aliphatic heterocycles. The Morgan fingerprint density at radius 2 is 2.47 bits per heavy atom. The lowest BCUT2D eigenvalue weighted by molar-refractivity contribution is 0.0451. The van der Waals surface area contributed by atoms with Gasteiger partial charge in [-0.15, -0.1) is 11.3 Å². The Balaban J connectivity index is 2.03. The third-order valence-corrected chi connectivity index (χ3v) is 3.97. The summed E-state index contributed by atoms with van der Waals surface area (Å²) in [6.07, 6.45) is 5.44. The maximum atomic E-state index is 9.35. The van der Waals surface area contributed by atoms with Gasteiger partial charge in [-0.25, -0.2) is 4.98 Å². The largest absolute Gasteiger partial charge is 0.395 e. The standard InChI is InChI=1S/C11H18N2OS/c1-9-3-2-4-10(8-14)13(9)7-11-12-5-6-15-11/h5-6,9-10,14H,2-4,7-8H2,1H3. The van der Waals surface area contributed by atoms with E-state index in [1.165, 1.54) is 12.8 Å². The third-order valence-electron chi connectivity index (χ3n) is 3.21. The average Bonchev–Trinajstić information content (AvgIpc) is 2.74. The van der Waals surface area contributed by atoms with Crippen LogP contribution in [-0.2, 0) is 6.54 Å². The average molecular weight is 226 g/mol. The molecule has 0 spiro atoms. The highest BCUT2D eigenvalue weighted by molar-refractivity contribution is 7.09. The highest BCUT2D eigenvalue weighted by atomic mass is 32.1. The van der Waals surface area contributed by atoms with Crippen LogP contribution in [0.4, 0.5) is 0 Å². The number of rotatable bonds is 3. The van der Waals surface area contributed by atoms with Crippen molar-refractivity contribution in [2.75, 3.05) is 6.61 Å². The molecule has 2 heterocycles. The number of aliphatic hydroxyl groups excluding tert-OH is 1. The van der Waals surface area contributed by atoms with Crippen LogP contribution in [0.5, 0.6) is 0 Å². The summed E-state index contributed by atoms with van der Waals surface area (Å²) in [6, 6.07) is 0.900. The predicted octanol–water partition coefficient (Wildman–Crippen LogP) is 1.88. The Kier molecular flexibility index (Phi) is 3.72. The molecule has 1 N–H and O–H groups in total. The first kappa shape index (κ1) is 11.0. The summed E-state index contributed by atoms with van der Waals surface area (Å²) in [5.41, 5.74) is 0. The molecule has 2 atom stereocenters. The third kappa shape index (κ3) is 2.56. The van der Waals surface area contributed by atoms with E-state index in [9.17, 15) is 5.11 Å². The first-order valence-corrected chi connectivity index (χ1v) is 6.44. The van der Waals surface area contributed by atoms with Gasteiger partial charge in [-0.3, -0.25) is 4.90 Å². The zero-order valence-corrected chi connectivity index (χ0v) is 9.91. The molecule has 0 saturated carbocycles. The summed E-state index contributed by atoms with van der Waals surface area (Å²) in [6.45, 7) is 3.41. The minimum Gasteiger partial charge on any atom is -0.395 e. The zero-order valence-electron chi connectivity index (χ0n) is 9.09. The Bertz CT molecular complexity index is 289. The fraction of sp³-hybridized carbons (Fsp3) is 0.727. The first-order valence-electron chi connectivity index (χ1n) is 5.56. The summed E-state index contributed by atoms with van der Waals surface area (Å²) < 4.78 is 0. The number of nitrogens with zero attached hydrogens (tertiary/aromatic N) is 2. The smallest absolute Gasteiger partial charge is 0.107 e. The molecule has 2 rings (SSSR count). The van der Waals surface area contributed by atoms with Crippen LogP contribution >= 0.6 is 11.3 Å². The molecule has 0 aliphatic carbocycles. The highest BCUT2D eigenvalue weighted by Crippen LogP contribution is 2.24. The molecule has 1 saturated heterocycles. The van der Waals surface area contributed by atoms with Crippen molar-refractivity contribution in [3.63, 3.8) is 0 Å². The molecule has 1 aromatic heterocycles. The SMILES string of the molecule is CC1CCCC(CO)N1Cc1nccs1. The molecular weight excluding hydrogens is 208 g/mol. The van der Waals surface area contributed by atoms with Crippen molar-refractivity contribution in [1.29, 1.82) is 0 Å². The van der Waals surface area contributed by atoms with Crippen molar-refractivity contribution < 1.29 is 5.11 Å². The lowest BCUT2D eigenvalue weighted by Crippen LogP contribution is -2.46. The van der Waals surface area contributed by atoms with Gasteiger partial charge in [0.2, 0.25) is 0 Å². The van der Waals surface area contributed by atoms with E-state index in [0.29, 0.717) is 12.1 Å². The fourth-order valence-electron chi connectivity index (χ4n) is 2.31. The summed E-state index contributed by atoms with van der Waals surface area (Å²) in [4.78, 5) is 6.70. The number of hydrogen-bond acceptors (Lipinski definition) is 4. The number of thiazole rings is 1. The topological polar surface area (TPSA) is 36.4 Å². The van der Waals surface area contributed by atoms with Gasteiger partial charge in [-0.2, -0.15) is 0 Å². The van der Waals surface area contributed by atoms with Crippen LogP contribution in [0.1, 0.15) is 31.2 Å². The van der Waals surface area contributed by atoms with E-state index in [4.69, 9.17) is 0 Å². The predicted molar refractivity (Wildman–Crippen MR) is 61.8 cm³/mol. The molecule has 3 nitrogen and oxygen atoms in total. The Morgan fingerprint density at radius 1 is 1.60 bits per heavy atom. The molecule has 15 heavy (non-hydrogen) atoms. The van der Waals surface area contributed by atoms with Crippen LogP contribution in [0.15, 0.2) is 11.6 Å². The first-order chi connectivity index (χ1) is 7.31. The van der Waals surface area contributed by atoms with Gasteiger partial charge >= 0.3 is 0 Å². The number of aromatic nitrogens is 1. The molecule has 4 heteroatoms. The van der Waals surface area contributed by atoms with Crippen LogP contribution in [0.2, 0.25) is 0 Å². The lowest BCUT2D eigenvalue weighted by Gasteiger charge is -2.39. The van der Waals surface area contributed by atoms with E-state index in [0.717, 1.165) is 18.0 Å². The van der Waals surface area contributed by atoms with Gasteiger partial charge in [-0.05, 0) is 19.8 Å². The van der Waals surface area contributed by atoms with Crippen molar-refractivity contribution >= 4 is 11.3 Å². The Labute approximate surface area is 94.8 Å². The van der Waals surface area contributed by atoms with Gasteiger partial charge in [0.05, 0.1) is 13.2 Å².